The van der Waals surface area contributed by atoms with Gasteiger partial charge in [-0.15, -0.1) is 11.3 Å². The smallest absolute Gasteiger partial charge is 0.316 e. The average Bonchev–Trinajstić information content (AvgIpc) is 2.72. The first-order valence-electron chi connectivity index (χ1n) is 5.45. The van der Waals surface area contributed by atoms with E-state index in [1.807, 2.05) is 30.5 Å². The van der Waals surface area contributed by atoms with Crippen molar-refractivity contribution in [1.29, 1.82) is 0 Å². The molecule has 94 valence electrons. The molecular formula is C12H14N4OS. The number of carbonyl (C=O) groups is 1. The van der Waals surface area contributed by atoms with Crippen LogP contribution in [0.25, 0.3) is 0 Å². The zero-order chi connectivity index (χ0) is 13.0. The van der Waals surface area contributed by atoms with E-state index >= 15 is 0 Å². The molecule has 0 fully saturated rings. The number of primary amides is 1. The molecule has 1 aromatic carbocycles. The molecule has 6 heteroatoms. The Kier molecular flexibility index (Phi) is 3.78. The van der Waals surface area contributed by atoms with Crippen LogP contribution in [0.2, 0.25) is 0 Å². The summed E-state index contributed by atoms with van der Waals surface area (Å²) in [6.45, 7) is 2.63. The van der Waals surface area contributed by atoms with Crippen LogP contribution in [0.15, 0.2) is 29.6 Å². The molecule has 0 atom stereocenters. The van der Waals surface area contributed by atoms with Crippen molar-refractivity contribution in [3.05, 3.63) is 40.3 Å². The molecule has 0 saturated carbocycles. The summed E-state index contributed by atoms with van der Waals surface area (Å²) in [6, 6.07) is 6.81. The summed E-state index contributed by atoms with van der Waals surface area (Å²) in [5.74, 6) is 0. The van der Waals surface area contributed by atoms with Crippen LogP contribution in [0.4, 0.5) is 16.2 Å². The maximum atomic E-state index is 10.7. The van der Waals surface area contributed by atoms with Gasteiger partial charge in [0, 0.05) is 22.4 Å². The van der Waals surface area contributed by atoms with E-state index in [4.69, 9.17) is 5.73 Å². The van der Waals surface area contributed by atoms with Crippen LogP contribution in [-0.2, 0) is 6.54 Å². The van der Waals surface area contributed by atoms with Gasteiger partial charge >= 0.3 is 6.03 Å². The number of urea groups is 1. The monoisotopic (exact) mass is 262 g/mol. The molecule has 2 amide bonds. The Balaban J connectivity index is 1.98. The second kappa shape index (κ2) is 5.50. The van der Waals surface area contributed by atoms with Crippen molar-refractivity contribution < 1.29 is 4.79 Å². The van der Waals surface area contributed by atoms with Crippen molar-refractivity contribution >= 4 is 28.7 Å². The summed E-state index contributed by atoms with van der Waals surface area (Å²) in [6.07, 6.45) is 0. The van der Waals surface area contributed by atoms with Crippen molar-refractivity contribution in [3.8, 4) is 0 Å². The summed E-state index contributed by atoms with van der Waals surface area (Å²) in [7, 11) is 0. The van der Waals surface area contributed by atoms with Crippen LogP contribution in [0.3, 0.4) is 0 Å². The molecule has 2 aromatic rings. The van der Waals surface area contributed by atoms with Crippen LogP contribution in [0, 0.1) is 6.92 Å². The topological polar surface area (TPSA) is 80.0 Å². The number of hydrogen-bond acceptors (Lipinski definition) is 4. The molecule has 18 heavy (non-hydrogen) atoms. The van der Waals surface area contributed by atoms with Crippen molar-refractivity contribution in [2.75, 3.05) is 10.6 Å². The highest BCUT2D eigenvalue weighted by Gasteiger charge is 2.00. The minimum Gasteiger partial charge on any atom is -0.378 e. The fourth-order valence-corrected chi connectivity index (χ4v) is 2.22. The lowest BCUT2D eigenvalue weighted by atomic mass is 10.3. The predicted molar refractivity (Wildman–Crippen MR) is 73.8 cm³/mol. The Morgan fingerprint density at radius 3 is 2.89 bits per heavy atom. The number of thiazole rings is 1. The number of rotatable bonds is 4. The first kappa shape index (κ1) is 12.4. The quantitative estimate of drug-likeness (QED) is 0.792. The minimum absolute atomic E-state index is 0.567. The van der Waals surface area contributed by atoms with Gasteiger partial charge in [-0.25, -0.2) is 9.78 Å². The third kappa shape index (κ3) is 3.46. The maximum Gasteiger partial charge on any atom is 0.316 e. The molecule has 0 saturated heterocycles. The lowest BCUT2D eigenvalue weighted by molar-refractivity contribution is 0.259. The van der Waals surface area contributed by atoms with E-state index in [0.29, 0.717) is 12.2 Å². The van der Waals surface area contributed by atoms with E-state index in [9.17, 15) is 4.79 Å². The number of aryl methyl sites for hydroxylation is 1. The lowest BCUT2D eigenvalue weighted by Crippen LogP contribution is -2.19. The number of nitrogens with zero attached hydrogens (tertiary/aromatic N) is 1. The van der Waals surface area contributed by atoms with Gasteiger partial charge in [0.1, 0.15) is 5.01 Å². The van der Waals surface area contributed by atoms with Crippen LogP contribution < -0.4 is 16.4 Å². The normalized spacial score (nSPS) is 10.1. The standard InChI is InChI=1S/C12H14N4OS/c1-8-7-18-11(15-8)6-14-9-3-2-4-10(5-9)16-12(13)17/h2-5,7,14H,6H2,1H3,(H3,13,16,17). The van der Waals surface area contributed by atoms with Crippen molar-refractivity contribution in [1.82, 2.24) is 4.98 Å². The lowest BCUT2D eigenvalue weighted by Gasteiger charge is -2.07. The zero-order valence-electron chi connectivity index (χ0n) is 9.93. The Bertz CT molecular complexity index is 553. The minimum atomic E-state index is -0.567. The van der Waals surface area contributed by atoms with Gasteiger partial charge in [0.15, 0.2) is 0 Å². The molecule has 1 aromatic heterocycles. The maximum absolute atomic E-state index is 10.7. The summed E-state index contributed by atoms with van der Waals surface area (Å²) in [5, 5.41) is 8.82. The Hall–Kier alpha value is -2.08. The van der Waals surface area contributed by atoms with E-state index in [1.165, 1.54) is 0 Å². The number of nitrogens with one attached hydrogen (secondary N) is 2. The van der Waals surface area contributed by atoms with Gasteiger partial charge in [-0.05, 0) is 25.1 Å². The van der Waals surface area contributed by atoms with Crippen LogP contribution >= 0.6 is 11.3 Å². The van der Waals surface area contributed by atoms with Gasteiger partial charge in [-0.2, -0.15) is 0 Å². The van der Waals surface area contributed by atoms with E-state index in [-0.39, 0.29) is 0 Å². The highest BCUT2D eigenvalue weighted by molar-refractivity contribution is 7.09. The summed E-state index contributed by atoms with van der Waals surface area (Å²) >= 11 is 1.62. The molecule has 5 nitrogen and oxygen atoms in total. The Labute approximate surface area is 109 Å². The molecule has 0 spiro atoms. The first-order chi connectivity index (χ1) is 8.63. The molecule has 0 aliphatic heterocycles. The summed E-state index contributed by atoms with van der Waals surface area (Å²) in [5.41, 5.74) is 7.67. The van der Waals surface area contributed by atoms with Gasteiger partial charge in [0.2, 0.25) is 0 Å². The van der Waals surface area contributed by atoms with Crippen LogP contribution in [-0.4, -0.2) is 11.0 Å². The van der Waals surface area contributed by atoms with Crippen molar-refractivity contribution in [2.45, 2.75) is 13.5 Å². The van der Waals surface area contributed by atoms with Crippen LogP contribution in [0.1, 0.15) is 10.7 Å². The molecule has 2 rings (SSSR count). The number of anilines is 2. The van der Waals surface area contributed by atoms with E-state index in [1.54, 1.807) is 17.4 Å². The third-order valence-electron chi connectivity index (χ3n) is 2.24. The summed E-state index contributed by atoms with van der Waals surface area (Å²) < 4.78 is 0. The number of amides is 2. The Morgan fingerprint density at radius 1 is 1.44 bits per heavy atom. The second-order valence-corrected chi connectivity index (χ2v) is 4.75. The van der Waals surface area contributed by atoms with Crippen molar-refractivity contribution in [2.24, 2.45) is 5.73 Å². The molecule has 0 unspecified atom stereocenters. The fourth-order valence-electron chi connectivity index (χ4n) is 1.51. The van der Waals surface area contributed by atoms with Crippen molar-refractivity contribution in [3.63, 3.8) is 0 Å². The van der Waals surface area contributed by atoms with Gasteiger partial charge in [-0.1, -0.05) is 6.07 Å². The molecule has 0 bridgehead atoms. The fraction of sp³-hybridized carbons (Fsp3) is 0.167. The average molecular weight is 262 g/mol. The number of carbonyl (C=O) groups excluding carboxylic acids is 1. The third-order valence-corrected chi connectivity index (χ3v) is 3.21. The van der Waals surface area contributed by atoms with E-state index in [0.717, 1.165) is 16.4 Å². The molecule has 0 aliphatic carbocycles. The SMILES string of the molecule is Cc1csc(CNc2cccc(NC(N)=O)c2)n1. The molecule has 1 heterocycles. The zero-order valence-corrected chi connectivity index (χ0v) is 10.8. The number of aromatic nitrogens is 1. The molecule has 0 aliphatic rings. The van der Waals surface area contributed by atoms with E-state index in [2.05, 4.69) is 15.6 Å². The molecule has 0 radical (unpaired) electrons. The highest BCUT2D eigenvalue weighted by Crippen LogP contribution is 2.17. The van der Waals surface area contributed by atoms with Gasteiger partial charge in [-0.3, -0.25) is 0 Å². The van der Waals surface area contributed by atoms with E-state index < -0.39 is 6.03 Å². The molecular weight excluding hydrogens is 248 g/mol. The number of hydrogen-bond donors (Lipinski definition) is 3. The van der Waals surface area contributed by atoms with Gasteiger partial charge in [0.25, 0.3) is 0 Å². The number of nitrogens with two attached hydrogens (primary N) is 1. The second-order valence-electron chi connectivity index (χ2n) is 3.81. The Morgan fingerprint density at radius 2 is 2.22 bits per heavy atom. The van der Waals surface area contributed by atoms with Gasteiger partial charge < -0.3 is 16.4 Å². The largest absolute Gasteiger partial charge is 0.378 e. The predicted octanol–water partition coefficient (Wildman–Crippen LogP) is 2.55. The first-order valence-corrected chi connectivity index (χ1v) is 6.33. The van der Waals surface area contributed by atoms with Gasteiger partial charge in [0.05, 0.1) is 6.54 Å². The highest BCUT2D eigenvalue weighted by atomic mass is 32.1. The molecule has 4 N–H and O–H groups in total. The number of benzene rings is 1. The summed E-state index contributed by atoms with van der Waals surface area (Å²) in [4.78, 5) is 15.1. The van der Waals surface area contributed by atoms with Crippen LogP contribution in [0.5, 0.6) is 0 Å².